The lowest BCUT2D eigenvalue weighted by Crippen LogP contribution is -2.34. The van der Waals surface area contributed by atoms with E-state index in [0.29, 0.717) is 5.02 Å². The van der Waals surface area contributed by atoms with Crippen molar-refractivity contribution < 1.29 is 13.5 Å². The molecule has 1 rings (SSSR count). The minimum Gasteiger partial charge on any atom is -0.395 e. The number of hydrogen-bond donors (Lipinski definition) is 2. The normalized spacial score (nSPS) is 13.8. The zero-order valence-electron chi connectivity index (χ0n) is 8.14. The summed E-state index contributed by atoms with van der Waals surface area (Å²) in [4.78, 5) is 0.132. The van der Waals surface area contributed by atoms with Gasteiger partial charge in [0.15, 0.2) is 0 Å². The second-order valence-electron chi connectivity index (χ2n) is 3.16. The maximum Gasteiger partial charge on any atom is 0.240 e. The summed E-state index contributed by atoms with van der Waals surface area (Å²) in [6.07, 6.45) is 0. The summed E-state index contributed by atoms with van der Waals surface area (Å²) in [5.41, 5.74) is 0. The summed E-state index contributed by atoms with van der Waals surface area (Å²) in [5.74, 6) is 0. The number of benzene rings is 1. The van der Waals surface area contributed by atoms with Crippen LogP contribution < -0.4 is 4.72 Å². The molecule has 0 unspecified atom stereocenters. The summed E-state index contributed by atoms with van der Waals surface area (Å²) in [6.45, 7) is 1.33. The molecule has 2 N–H and O–H groups in total. The maximum absolute atomic E-state index is 11.6. The van der Waals surface area contributed by atoms with Crippen molar-refractivity contribution in [1.82, 2.24) is 4.72 Å². The molecular weight excluding hydrogens is 238 g/mol. The topological polar surface area (TPSA) is 66.4 Å². The standard InChI is InChI=1S/C9H12ClNO3S/c1-7(6-12)11-15(13,14)9-4-2-8(10)3-5-9/h2-5,7,11-12H,6H2,1H3/t7-/m1/s1. The smallest absolute Gasteiger partial charge is 0.240 e. The summed E-state index contributed by atoms with van der Waals surface area (Å²) >= 11 is 5.64. The molecule has 0 heterocycles. The van der Waals surface area contributed by atoms with Crippen LogP contribution in [0.5, 0.6) is 0 Å². The minimum absolute atomic E-state index is 0.132. The van der Waals surface area contributed by atoms with Gasteiger partial charge in [-0.3, -0.25) is 0 Å². The minimum atomic E-state index is -3.56. The number of sulfonamides is 1. The summed E-state index contributed by atoms with van der Waals surface area (Å²) in [5, 5.41) is 9.22. The van der Waals surface area contributed by atoms with E-state index in [1.807, 2.05) is 0 Å². The van der Waals surface area contributed by atoms with Gasteiger partial charge in [-0.2, -0.15) is 0 Å². The Labute approximate surface area is 93.9 Å². The average molecular weight is 250 g/mol. The molecule has 0 aromatic heterocycles. The molecule has 0 spiro atoms. The summed E-state index contributed by atoms with van der Waals surface area (Å²) < 4.78 is 25.6. The van der Waals surface area contributed by atoms with Gasteiger partial charge in [-0.1, -0.05) is 11.6 Å². The Hall–Kier alpha value is -0.620. The third-order valence-electron chi connectivity index (χ3n) is 1.75. The van der Waals surface area contributed by atoms with Crippen LogP contribution in [0.4, 0.5) is 0 Å². The number of hydrogen-bond acceptors (Lipinski definition) is 3. The molecule has 1 atom stereocenters. The van der Waals surface area contributed by atoms with E-state index in [1.165, 1.54) is 24.3 Å². The largest absolute Gasteiger partial charge is 0.395 e. The zero-order chi connectivity index (χ0) is 11.5. The monoisotopic (exact) mass is 249 g/mol. The van der Waals surface area contributed by atoms with Crippen LogP contribution in [0.15, 0.2) is 29.2 Å². The molecule has 0 fully saturated rings. The van der Waals surface area contributed by atoms with E-state index in [-0.39, 0.29) is 11.5 Å². The van der Waals surface area contributed by atoms with Gasteiger partial charge in [-0.25, -0.2) is 13.1 Å². The van der Waals surface area contributed by atoms with Gasteiger partial charge in [0.25, 0.3) is 0 Å². The highest BCUT2D eigenvalue weighted by molar-refractivity contribution is 7.89. The summed E-state index contributed by atoms with van der Waals surface area (Å²) in [6, 6.07) is 5.31. The lowest BCUT2D eigenvalue weighted by Gasteiger charge is -2.11. The predicted octanol–water partition coefficient (Wildman–Crippen LogP) is 0.999. The molecule has 0 saturated carbocycles. The summed E-state index contributed by atoms with van der Waals surface area (Å²) in [7, 11) is -3.56. The molecule has 0 aliphatic heterocycles. The van der Waals surface area contributed by atoms with Crippen molar-refractivity contribution in [2.45, 2.75) is 17.9 Å². The zero-order valence-corrected chi connectivity index (χ0v) is 9.72. The van der Waals surface area contributed by atoms with Crippen LogP contribution in [-0.4, -0.2) is 26.2 Å². The molecule has 0 radical (unpaired) electrons. The van der Waals surface area contributed by atoms with E-state index < -0.39 is 16.1 Å². The molecule has 0 saturated heterocycles. The fourth-order valence-electron chi connectivity index (χ4n) is 0.984. The number of rotatable bonds is 4. The van der Waals surface area contributed by atoms with Crippen molar-refractivity contribution in [3.63, 3.8) is 0 Å². The lowest BCUT2D eigenvalue weighted by atomic mass is 10.4. The first-order valence-electron chi connectivity index (χ1n) is 4.34. The average Bonchev–Trinajstić information content (AvgIpc) is 2.17. The van der Waals surface area contributed by atoms with Gasteiger partial charge in [0.05, 0.1) is 11.5 Å². The first-order valence-corrected chi connectivity index (χ1v) is 6.20. The third kappa shape index (κ3) is 3.46. The second-order valence-corrected chi connectivity index (χ2v) is 5.31. The van der Waals surface area contributed by atoms with Gasteiger partial charge in [0.1, 0.15) is 0 Å². The molecule has 84 valence electrons. The van der Waals surface area contributed by atoms with Crippen molar-refractivity contribution in [3.8, 4) is 0 Å². The Morgan fingerprint density at radius 2 is 1.93 bits per heavy atom. The fraction of sp³-hybridized carbons (Fsp3) is 0.333. The highest BCUT2D eigenvalue weighted by Crippen LogP contribution is 2.13. The number of aliphatic hydroxyl groups excluding tert-OH is 1. The fourth-order valence-corrected chi connectivity index (χ4v) is 2.34. The van der Waals surface area contributed by atoms with Crippen molar-refractivity contribution in [3.05, 3.63) is 29.3 Å². The quantitative estimate of drug-likeness (QED) is 0.837. The highest BCUT2D eigenvalue weighted by Gasteiger charge is 2.16. The molecule has 0 bridgehead atoms. The molecule has 4 nitrogen and oxygen atoms in total. The van der Waals surface area contributed by atoms with E-state index in [4.69, 9.17) is 16.7 Å². The number of halogens is 1. The van der Waals surface area contributed by atoms with Crippen molar-refractivity contribution in [2.75, 3.05) is 6.61 Å². The van der Waals surface area contributed by atoms with E-state index in [2.05, 4.69) is 4.72 Å². The van der Waals surface area contributed by atoms with E-state index in [0.717, 1.165) is 0 Å². The second kappa shape index (κ2) is 4.94. The van der Waals surface area contributed by atoms with E-state index in [9.17, 15) is 8.42 Å². The van der Waals surface area contributed by atoms with Crippen LogP contribution in [0.3, 0.4) is 0 Å². The van der Waals surface area contributed by atoms with E-state index in [1.54, 1.807) is 6.92 Å². The molecular formula is C9H12ClNO3S. The number of nitrogens with one attached hydrogen (secondary N) is 1. The Balaban J connectivity index is 2.91. The molecule has 1 aromatic carbocycles. The van der Waals surface area contributed by atoms with Crippen LogP contribution in [0.2, 0.25) is 5.02 Å². The Morgan fingerprint density at radius 1 is 1.40 bits per heavy atom. The first kappa shape index (κ1) is 12.4. The van der Waals surface area contributed by atoms with Gasteiger partial charge in [0, 0.05) is 11.1 Å². The maximum atomic E-state index is 11.6. The Bertz CT molecular complexity index is 415. The SMILES string of the molecule is C[C@H](CO)NS(=O)(=O)c1ccc(Cl)cc1. The first-order chi connectivity index (χ1) is 6.95. The van der Waals surface area contributed by atoms with Crippen LogP contribution >= 0.6 is 11.6 Å². The molecule has 1 aromatic rings. The van der Waals surface area contributed by atoms with E-state index >= 15 is 0 Å². The Morgan fingerprint density at radius 3 is 2.40 bits per heavy atom. The van der Waals surface area contributed by atoms with Gasteiger partial charge < -0.3 is 5.11 Å². The van der Waals surface area contributed by atoms with Gasteiger partial charge in [-0.05, 0) is 31.2 Å². The van der Waals surface area contributed by atoms with Gasteiger partial charge >= 0.3 is 0 Å². The van der Waals surface area contributed by atoms with Gasteiger partial charge in [0.2, 0.25) is 10.0 Å². The number of aliphatic hydroxyl groups is 1. The van der Waals surface area contributed by atoms with Crippen molar-refractivity contribution in [2.24, 2.45) is 0 Å². The molecule has 0 aliphatic carbocycles. The highest BCUT2D eigenvalue weighted by atomic mass is 35.5. The molecule has 6 heteroatoms. The van der Waals surface area contributed by atoms with Crippen LogP contribution in [0.25, 0.3) is 0 Å². The van der Waals surface area contributed by atoms with Crippen LogP contribution in [-0.2, 0) is 10.0 Å². The molecule has 15 heavy (non-hydrogen) atoms. The van der Waals surface area contributed by atoms with Gasteiger partial charge in [-0.15, -0.1) is 0 Å². The van der Waals surface area contributed by atoms with Crippen molar-refractivity contribution in [1.29, 1.82) is 0 Å². The lowest BCUT2D eigenvalue weighted by molar-refractivity contribution is 0.265. The third-order valence-corrected chi connectivity index (χ3v) is 3.61. The van der Waals surface area contributed by atoms with Crippen LogP contribution in [0, 0.1) is 0 Å². The molecule has 0 aliphatic rings. The molecule has 0 amide bonds. The predicted molar refractivity (Wildman–Crippen MR) is 58.3 cm³/mol. The Kier molecular flexibility index (Phi) is 4.10. The van der Waals surface area contributed by atoms with Crippen LogP contribution in [0.1, 0.15) is 6.92 Å². The van der Waals surface area contributed by atoms with Crippen molar-refractivity contribution >= 4 is 21.6 Å².